The highest BCUT2D eigenvalue weighted by atomic mass is 31.1. The second-order valence-electron chi connectivity index (χ2n) is 13.4. The van der Waals surface area contributed by atoms with Crippen LogP contribution in [0.2, 0.25) is 0 Å². The predicted molar refractivity (Wildman–Crippen MR) is 171 cm³/mol. The molecule has 36 heavy (non-hydrogen) atoms. The molecule has 1 heteroatoms. The summed E-state index contributed by atoms with van der Waals surface area (Å²) in [5.74, 6) is 1.50. The first-order valence-corrected chi connectivity index (χ1v) is 15.7. The van der Waals surface area contributed by atoms with Gasteiger partial charge in [-0.05, 0) is 111 Å². The van der Waals surface area contributed by atoms with Crippen LogP contribution in [0.3, 0.4) is 0 Å². The fourth-order valence-electron chi connectivity index (χ4n) is 5.80. The van der Waals surface area contributed by atoms with Crippen LogP contribution in [-0.2, 0) is 0 Å². The Morgan fingerprint density at radius 2 is 0.889 bits per heavy atom. The Labute approximate surface area is 227 Å². The van der Waals surface area contributed by atoms with Crippen LogP contribution in [0, 0.1) is 27.7 Å². The topological polar surface area (TPSA) is 0 Å². The summed E-state index contributed by atoms with van der Waals surface area (Å²) in [6, 6.07) is 5.06. The molecule has 2 aromatic carbocycles. The highest BCUT2D eigenvalue weighted by molar-refractivity contribution is 7.69. The van der Waals surface area contributed by atoms with Gasteiger partial charge in [0, 0.05) is 0 Å². The van der Waals surface area contributed by atoms with E-state index >= 15 is 0 Å². The van der Waals surface area contributed by atoms with Gasteiger partial charge in [0.2, 0.25) is 0 Å². The normalized spacial score (nSPS) is 12.6. The molecule has 0 nitrogen and oxygen atoms in total. The second-order valence-corrected chi connectivity index (χ2v) is 17.2. The molecule has 0 atom stereocenters. The molecule has 0 radical (unpaired) electrons. The fraction of sp³-hybridized carbons (Fsp3) is 0.657. The maximum Gasteiger partial charge on any atom is -0.00660 e. The Bertz CT molecular complexity index is 993. The first-order chi connectivity index (χ1) is 16.3. The summed E-state index contributed by atoms with van der Waals surface area (Å²) in [6.07, 6.45) is 0. The molecule has 0 saturated carbocycles. The number of benzene rings is 2. The smallest absolute Gasteiger partial charge is 0.00660 e. The van der Waals surface area contributed by atoms with Gasteiger partial charge in [-0.2, -0.15) is 0 Å². The van der Waals surface area contributed by atoms with Gasteiger partial charge in [0.05, 0.1) is 0 Å². The molecule has 0 fully saturated rings. The van der Waals surface area contributed by atoms with Crippen LogP contribution in [0.5, 0.6) is 0 Å². The molecular weight excluding hydrogens is 451 g/mol. The van der Waals surface area contributed by atoms with E-state index in [1.165, 1.54) is 44.5 Å². The average Bonchev–Trinajstić information content (AvgIpc) is 2.74. The third-order valence-electron chi connectivity index (χ3n) is 7.60. The Hall–Kier alpha value is -1.13. The molecule has 0 N–H and O–H groups in total. The first kappa shape index (κ1) is 32.9. The minimum Gasteiger partial charge on any atom is -0.0683 e. The third-order valence-corrected chi connectivity index (χ3v) is 11.3. The van der Waals surface area contributed by atoms with Crippen molar-refractivity contribution in [2.24, 2.45) is 0 Å². The Morgan fingerprint density at radius 1 is 0.528 bits per heavy atom. The van der Waals surface area contributed by atoms with Crippen molar-refractivity contribution in [1.82, 2.24) is 0 Å². The molecule has 0 spiro atoms. The highest BCUT2D eigenvalue weighted by Gasteiger charge is 2.39. The molecule has 204 valence electrons. The monoisotopic (exact) mass is 510 g/mol. The van der Waals surface area contributed by atoms with Gasteiger partial charge in [0.25, 0.3) is 0 Å². The summed E-state index contributed by atoms with van der Waals surface area (Å²) in [4.78, 5) is 0. The molecule has 0 aliphatic carbocycles. The van der Waals surface area contributed by atoms with Crippen molar-refractivity contribution in [3.63, 3.8) is 0 Å². The fourth-order valence-corrected chi connectivity index (χ4v) is 10.2. The predicted octanol–water partition coefficient (Wildman–Crippen LogP) is 11.7. The molecule has 0 aromatic heterocycles. The summed E-state index contributed by atoms with van der Waals surface area (Å²) in [6.45, 7) is 42.5. The molecule has 0 unspecified atom stereocenters. The minimum absolute atomic E-state index is 0.217. The van der Waals surface area contributed by atoms with Gasteiger partial charge in [0.1, 0.15) is 0 Å². The van der Waals surface area contributed by atoms with Crippen LogP contribution in [0.1, 0.15) is 154 Å². The quantitative estimate of drug-likeness (QED) is 0.351. The van der Waals surface area contributed by atoms with Gasteiger partial charge in [-0.1, -0.05) is 117 Å². The third kappa shape index (κ3) is 6.65. The van der Waals surface area contributed by atoms with Gasteiger partial charge >= 0.3 is 0 Å². The molecule has 2 aromatic rings. The summed E-state index contributed by atoms with van der Waals surface area (Å²) in [5, 5.41) is 2.08. The highest BCUT2D eigenvalue weighted by Crippen LogP contribution is 2.61. The molecule has 0 saturated heterocycles. The maximum atomic E-state index is 2.53. The largest absolute Gasteiger partial charge is 0.0683 e. The van der Waals surface area contributed by atoms with Crippen molar-refractivity contribution in [3.8, 4) is 11.1 Å². The Kier molecular flexibility index (Phi) is 11.1. The van der Waals surface area contributed by atoms with E-state index in [4.69, 9.17) is 0 Å². The van der Waals surface area contributed by atoms with Crippen molar-refractivity contribution in [3.05, 3.63) is 51.1 Å². The molecule has 0 aliphatic rings. The second kappa shape index (κ2) is 12.2. The Morgan fingerprint density at radius 3 is 1.19 bits per heavy atom. The van der Waals surface area contributed by atoms with Gasteiger partial charge in [-0.3, -0.25) is 0 Å². The summed E-state index contributed by atoms with van der Waals surface area (Å²) in [5.41, 5.74) is 13.6. The van der Waals surface area contributed by atoms with Crippen LogP contribution in [-0.4, -0.2) is 10.3 Å². The van der Waals surface area contributed by atoms with Crippen molar-refractivity contribution < 1.29 is 0 Å². The lowest BCUT2D eigenvalue weighted by Crippen LogP contribution is -2.34. The molecule has 2 rings (SSSR count). The van der Waals surface area contributed by atoms with Crippen molar-refractivity contribution >= 4 is 13.2 Å². The van der Waals surface area contributed by atoms with E-state index < -0.39 is 7.92 Å². The summed E-state index contributed by atoms with van der Waals surface area (Å²) >= 11 is 0. The zero-order chi connectivity index (χ0) is 28.5. The summed E-state index contributed by atoms with van der Waals surface area (Å²) in [7, 11) is -0.431. The lowest BCUT2D eigenvalue weighted by molar-refractivity contribution is 0.714. The van der Waals surface area contributed by atoms with Crippen molar-refractivity contribution in [2.45, 2.75) is 153 Å². The SMILES string of the molecule is CC.Cc1c(C)c(C)c(P(C(C)(C)C)C(C)(C)C)c(-c2c(C(C)C)cc(C(C)C)cc2C(C)C)c1C. The van der Waals surface area contributed by atoms with E-state index in [0.717, 1.165) is 0 Å². The average molecular weight is 511 g/mol. The van der Waals surface area contributed by atoms with Gasteiger partial charge < -0.3 is 0 Å². The van der Waals surface area contributed by atoms with E-state index in [1.54, 1.807) is 10.9 Å². The summed E-state index contributed by atoms with van der Waals surface area (Å²) < 4.78 is 0. The van der Waals surface area contributed by atoms with Crippen LogP contribution in [0.4, 0.5) is 0 Å². The number of rotatable bonds is 5. The van der Waals surface area contributed by atoms with Gasteiger partial charge in [-0.15, -0.1) is 0 Å². The van der Waals surface area contributed by atoms with Gasteiger partial charge in [-0.25, -0.2) is 0 Å². The molecular formula is C35H59P. The molecule has 0 heterocycles. The number of hydrogen-bond acceptors (Lipinski definition) is 0. The lowest BCUT2D eigenvalue weighted by Gasteiger charge is -2.45. The van der Waals surface area contributed by atoms with Crippen molar-refractivity contribution in [1.29, 1.82) is 0 Å². The van der Waals surface area contributed by atoms with Crippen molar-refractivity contribution in [2.75, 3.05) is 0 Å². The van der Waals surface area contributed by atoms with Crippen LogP contribution < -0.4 is 5.30 Å². The maximum absolute atomic E-state index is 2.53. The standard InChI is InChI=1S/C33H53P.C2H6/c1-19(2)26-17-27(20(3)4)30(28(18-26)21(5)6)29-24(9)22(7)23(8)25(10)31(29)34(32(11,12)13)33(14,15)16;1-2/h17-21H,1-16H3;1-2H3. The molecule has 0 aliphatic heterocycles. The first-order valence-electron chi connectivity index (χ1n) is 14.4. The van der Waals surface area contributed by atoms with Gasteiger partial charge in [0.15, 0.2) is 0 Å². The number of hydrogen-bond donors (Lipinski definition) is 0. The van der Waals surface area contributed by atoms with Crippen LogP contribution in [0.25, 0.3) is 11.1 Å². The van der Waals surface area contributed by atoms with E-state index in [2.05, 4.69) is 123 Å². The van der Waals surface area contributed by atoms with Crippen LogP contribution in [0.15, 0.2) is 12.1 Å². The Balaban J connectivity index is 0.00000316. The van der Waals surface area contributed by atoms with E-state index in [1.807, 2.05) is 13.8 Å². The van der Waals surface area contributed by atoms with E-state index in [0.29, 0.717) is 17.8 Å². The van der Waals surface area contributed by atoms with E-state index in [-0.39, 0.29) is 10.3 Å². The molecule has 0 bridgehead atoms. The van der Waals surface area contributed by atoms with Crippen LogP contribution >= 0.6 is 7.92 Å². The zero-order valence-corrected chi connectivity index (χ0v) is 28.2. The van der Waals surface area contributed by atoms with E-state index in [9.17, 15) is 0 Å². The minimum atomic E-state index is -0.431. The molecule has 0 amide bonds. The lowest BCUT2D eigenvalue weighted by atomic mass is 9.79. The zero-order valence-electron chi connectivity index (χ0n) is 27.3.